The number of rotatable bonds is 52. The standard InChI is InChI=1S/C37H54N4O11S2.C32H46N4O9S2/c1-37(2,3)52-36(45)41-13-9-27-30(26-41)54-35(33(27)34-39-28-6-4-5-7-29(28)53-34)40-31(42)8-11-38-12-15-47-17-19-49-21-23-51-25-24-50-22-20-48-18-16-46-14-10-32(43)44;37-28(36-32-30(24-5-8-34-23-27(24)47-32)31-35-25-3-1-2-4-26(25)46-31)6-9-33-10-12-41-14-16-43-18-20-45-22-21-44-19-17-42-15-13-40-11-7-29(38)39/h4-7,38H,8-26H2,1-3H3,(H,40,42)(H,43,44);1-4,33-34H,5-23H2,(H,36,37)(H,38,39). The van der Waals surface area contributed by atoms with Gasteiger partial charge in [-0.1, -0.05) is 24.3 Å². The first kappa shape index (κ1) is 82.5. The molecule has 560 valence electrons. The highest BCUT2D eigenvalue weighted by Crippen LogP contribution is 2.47. The van der Waals surface area contributed by atoms with Crippen LogP contribution in [0.25, 0.3) is 41.6 Å². The van der Waals surface area contributed by atoms with E-state index in [1.165, 1.54) is 21.8 Å². The molecule has 0 bridgehead atoms. The maximum atomic E-state index is 13.1. The summed E-state index contributed by atoms with van der Waals surface area (Å²) in [6, 6.07) is 16.2. The average molecular weight is 1490 g/mol. The monoisotopic (exact) mass is 1490 g/mol. The lowest BCUT2D eigenvalue weighted by Crippen LogP contribution is -2.39. The zero-order valence-corrected chi connectivity index (χ0v) is 61.5. The zero-order chi connectivity index (χ0) is 71.5. The average Bonchev–Trinajstić information content (AvgIpc) is 1.63. The van der Waals surface area contributed by atoms with Crippen LogP contribution in [0.1, 0.15) is 67.3 Å². The Kier molecular flexibility index (Phi) is 39.4. The van der Waals surface area contributed by atoms with Gasteiger partial charge in [0.1, 0.15) is 25.6 Å². The number of hydrogen-bond acceptors (Lipinski definition) is 27. The van der Waals surface area contributed by atoms with Crippen molar-refractivity contribution in [3.8, 4) is 21.1 Å². The zero-order valence-electron chi connectivity index (χ0n) is 58.2. The van der Waals surface area contributed by atoms with Gasteiger partial charge in [0.25, 0.3) is 0 Å². The van der Waals surface area contributed by atoms with Gasteiger partial charge in [0.05, 0.1) is 198 Å². The van der Waals surface area contributed by atoms with Crippen molar-refractivity contribution < 1.29 is 95.8 Å². The van der Waals surface area contributed by atoms with Gasteiger partial charge in [-0.3, -0.25) is 19.2 Å². The van der Waals surface area contributed by atoms with E-state index in [0.29, 0.717) is 204 Å². The summed E-state index contributed by atoms with van der Waals surface area (Å²) >= 11 is 6.44. The molecular formula is C69H100N8O20S4. The molecule has 8 rings (SSSR count). The van der Waals surface area contributed by atoms with Crippen molar-refractivity contribution in [1.82, 2.24) is 30.8 Å². The molecule has 101 heavy (non-hydrogen) atoms. The van der Waals surface area contributed by atoms with Gasteiger partial charge in [-0.05, 0) is 75.5 Å². The Balaban J connectivity index is 0.000000286. The predicted octanol–water partition coefficient (Wildman–Crippen LogP) is 7.97. The Bertz CT molecular complexity index is 3310. The minimum Gasteiger partial charge on any atom is -0.481 e. The summed E-state index contributed by atoms with van der Waals surface area (Å²) in [5.41, 5.74) is 5.79. The number of nitrogens with one attached hydrogen (secondary N) is 5. The Morgan fingerprint density at radius 1 is 0.465 bits per heavy atom. The molecule has 0 saturated carbocycles. The van der Waals surface area contributed by atoms with Crippen LogP contribution in [0.5, 0.6) is 0 Å². The van der Waals surface area contributed by atoms with Crippen LogP contribution in [0.15, 0.2) is 48.5 Å². The molecule has 0 radical (unpaired) electrons. The van der Waals surface area contributed by atoms with Gasteiger partial charge in [-0.25, -0.2) is 14.8 Å². The van der Waals surface area contributed by atoms with Gasteiger partial charge in [-0.15, -0.1) is 45.3 Å². The van der Waals surface area contributed by atoms with Crippen molar-refractivity contribution in [2.45, 2.75) is 78.0 Å². The molecule has 2 aromatic carbocycles. The highest BCUT2D eigenvalue weighted by Gasteiger charge is 2.32. The normalized spacial score (nSPS) is 12.9. The van der Waals surface area contributed by atoms with Gasteiger partial charge in [0, 0.05) is 73.0 Å². The summed E-state index contributed by atoms with van der Waals surface area (Å²) in [4.78, 5) is 73.3. The number of aliphatic carboxylic acids is 2. The maximum Gasteiger partial charge on any atom is 0.410 e. The number of carbonyl (C=O) groups is 5. The Morgan fingerprint density at radius 3 is 1.22 bits per heavy atom. The van der Waals surface area contributed by atoms with Crippen LogP contribution in [0.4, 0.5) is 14.8 Å². The van der Waals surface area contributed by atoms with E-state index in [0.717, 1.165) is 81.5 Å². The van der Waals surface area contributed by atoms with E-state index >= 15 is 0 Å². The molecule has 0 aliphatic carbocycles. The Labute approximate surface area is 605 Å². The number of nitrogens with zero attached hydrogens (tertiary/aromatic N) is 3. The van der Waals surface area contributed by atoms with E-state index in [1.807, 2.05) is 63.2 Å². The molecule has 4 aromatic heterocycles. The Hall–Kier alpha value is -5.83. The molecule has 0 spiro atoms. The van der Waals surface area contributed by atoms with Crippen molar-refractivity contribution in [1.29, 1.82) is 0 Å². The van der Waals surface area contributed by atoms with E-state index in [2.05, 4.69) is 32.7 Å². The van der Waals surface area contributed by atoms with Crippen LogP contribution in [-0.2, 0) is 107 Å². The minimum absolute atomic E-state index is 0.00440. The second-order valence-corrected chi connectivity index (χ2v) is 28.0. The smallest absolute Gasteiger partial charge is 0.410 e. The number of hydrogen-bond donors (Lipinski definition) is 7. The Morgan fingerprint density at radius 2 is 0.832 bits per heavy atom. The van der Waals surface area contributed by atoms with E-state index < -0.39 is 17.5 Å². The summed E-state index contributed by atoms with van der Waals surface area (Å²) in [5, 5.41) is 36.8. The van der Waals surface area contributed by atoms with Gasteiger partial charge >= 0.3 is 18.0 Å². The summed E-state index contributed by atoms with van der Waals surface area (Å²) in [7, 11) is 0. The first-order valence-corrected chi connectivity index (χ1v) is 37.6. The maximum absolute atomic E-state index is 13.1. The van der Waals surface area contributed by atoms with E-state index in [-0.39, 0.29) is 44.0 Å². The molecule has 7 N–H and O–H groups in total. The summed E-state index contributed by atoms with van der Waals surface area (Å²) in [6.45, 7) is 20.9. The molecule has 0 unspecified atom stereocenters. The van der Waals surface area contributed by atoms with Crippen molar-refractivity contribution in [3.63, 3.8) is 0 Å². The fourth-order valence-electron chi connectivity index (χ4n) is 9.85. The SMILES string of the molecule is CC(C)(C)OC(=O)N1CCc2c(sc(NC(=O)CCNCCOCCOCCOCCOCCOCCOCCC(=O)O)c2-c2nc3ccccc3s2)C1.O=C(O)CCOCCOCCOCCOCCOCCOCCNCCC(=O)Nc1sc2c(c1-c1nc3ccccc3s1)CCNC2. The van der Waals surface area contributed by atoms with Crippen LogP contribution in [0.3, 0.4) is 0 Å². The van der Waals surface area contributed by atoms with Gasteiger partial charge in [0.15, 0.2) is 0 Å². The molecule has 3 amide bonds. The number of ether oxygens (including phenoxy) is 13. The van der Waals surface area contributed by atoms with Gasteiger partial charge in [0.2, 0.25) is 11.8 Å². The number of thiophene rings is 2. The molecule has 2 aliphatic rings. The van der Waals surface area contributed by atoms with Crippen molar-refractivity contribution in [2.24, 2.45) is 0 Å². The van der Waals surface area contributed by atoms with E-state index in [1.54, 1.807) is 38.9 Å². The molecule has 0 atom stereocenters. The number of carboxylic acid groups (broad SMARTS) is 2. The summed E-state index contributed by atoms with van der Waals surface area (Å²) in [6.07, 6.45) is 1.89. The molecule has 6 aromatic rings. The lowest BCUT2D eigenvalue weighted by molar-refractivity contribution is -0.139. The second-order valence-electron chi connectivity index (χ2n) is 23.7. The predicted molar refractivity (Wildman–Crippen MR) is 388 cm³/mol. The number of fused-ring (bicyclic) bond motifs is 4. The van der Waals surface area contributed by atoms with Crippen LogP contribution < -0.4 is 26.6 Å². The number of amides is 3. The number of benzene rings is 2. The quantitative estimate of drug-likeness (QED) is 0.0178. The second kappa shape index (κ2) is 48.2. The number of thiazole rings is 2. The molecular weight excluding hydrogens is 1390 g/mol. The van der Waals surface area contributed by atoms with E-state index in [4.69, 9.17) is 81.8 Å². The lowest BCUT2D eigenvalue weighted by Gasteiger charge is -2.30. The number of carbonyl (C=O) groups excluding carboxylic acids is 3. The van der Waals surface area contributed by atoms with Gasteiger partial charge in [-0.2, -0.15) is 0 Å². The van der Waals surface area contributed by atoms with Crippen LogP contribution in [0, 0.1) is 0 Å². The third-order valence-electron chi connectivity index (χ3n) is 14.7. The highest BCUT2D eigenvalue weighted by atomic mass is 32.1. The molecule has 32 heteroatoms. The van der Waals surface area contributed by atoms with Gasteiger partial charge < -0.3 is 103 Å². The molecule has 6 heterocycles. The highest BCUT2D eigenvalue weighted by molar-refractivity contribution is 7.23. The first-order valence-electron chi connectivity index (χ1n) is 34.3. The topological polar surface area (TPSA) is 335 Å². The lowest BCUT2D eigenvalue weighted by atomic mass is 10.0. The van der Waals surface area contributed by atoms with Crippen LogP contribution in [-0.4, -0.2) is 258 Å². The summed E-state index contributed by atoms with van der Waals surface area (Å²) < 4.78 is 72.8. The fourth-order valence-corrected chi connectivity index (χ4v) is 14.6. The largest absolute Gasteiger partial charge is 0.481 e. The minimum atomic E-state index is -0.881. The third kappa shape index (κ3) is 32.4. The van der Waals surface area contributed by atoms with E-state index in [9.17, 15) is 24.0 Å². The molecule has 0 fully saturated rings. The molecule has 2 aliphatic heterocycles. The summed E-state index contributed by atoms with van der Waals surface area (Å²) in [5.74, 6) is -1.87. The third-order valence-corrected chi connectivity index (χ3v) is 19.1. The molecule has 28 nitrogen and oxygen atoms in total. The van der Waals surface area contributed by atoms with Crippen molar-refractivity contribution in [2.75, 3.05) is 208 Å². The van der Waals surface area contributed by atoms with Crippen molar-refractivity contribution in [3.05, 3.63) is 69.4 Å². The van der Waals surface area contributed by atoms with Crippen LogP contribution in [0.2, 0.25) is 0 Å². The number of carboxylic acids is 2. The van der Waals surface area contributed by atoms with Crippen LogP contribution >= 0.6 is 45.3 Å². The number of anilines is 2. The van der Waals surface area contributed by atoms with Crippen molar-refractivity contribution >= 4 is 106 Å². The fraction of sp³-hybridized carbons (Fsp3) is 0.609. The number of aromatic nitrogens is 2. The molecule has 0 saturated heterocycles. The number of para-hydroxylation sites is 2. The first-order chi connectivity index (χ1) is 49.2.